The number of allylic oxidation sites excluding steroid dienone is 1. The third-order valence-corrected chi connectivity index (χ3v) is 4.95. The van der Waals surface area contributed by atoms with E-state index in [2.05, 4.69) is 6.58 Å². The summed E-state index contributed by atoms with van der Waals surface area (Å²) in [6.45, 7) is 6.34. The molecule has 1 fully saturated rings. The average molecular weight is 385 g/mol. The molecule has 1 saturated heterocycles. The molecule has 6 heteroatoms. The van der Waals surface area contributed by atoms with Crippen LogP contribution in [-0.4, -0.2) is 42.9 Å². The zero-order valence-corrected chi connectivity index (χ0v) is 16.3. The quantitative estimate of drug-likeness (QED) is 0.388. The molecule has 1 heterocycles. The molecule has 1 aliphatic rings. The monoisotopic (exact) mass is 385 g/mol. The number of benzene rings is 1. The number of rotatable bonds is 8. The zero-order valence-electron chi connectivity index (χ0n) is 16.3. The largest absolute Gasteiger partial charge is 0.460 e. The van der Waals surface area contributed by atoms with Crippen molar-refractivity contribution in [3.05, 3.63) is 60.2 Å². The third-order valence-electron chi connectivity index (χ3n) is 4.95. The Kier molecular flexibility index (Phi) is 7.99. The van der Waals surface area contributed by atoms with Crippen LogP contribution < -0.4 is 0 Å². The molecule has 0 spiro atoms. The van der Waals surface area contributed by atoms with Crippen molar-refractivity contribution in [3.8, 4) is 0 Å². The van der Waals surface area contributed by atoms with Gasteiger partial charge in [-0.05, 0) is 30.9 Å². The van der Waals surface area contributed by atoms with Crippen LogP contribution in [0.2, 0.25) is 0 Å². The minimum atomic E-state index is -1.03. The van der Waals surface area contributed by atoms with Crippen LogP contribution in [0.25, 0.3) is 0 Å². The molecule has 0 saturated carbocycles. The molecular formula is C22H27NO5. The fourth-order valence-electron chi connectivity index (χ4n) is 3.24. The molecule has 1 aliphatic heterocycles. The van der Waals surface area contributed by atoms with Gasteiger partial charge in [0, 0.05) is 19.5 Å². The fourth-order valence-corrected chi connectivity index (χ4v) is 3.24. The summed E-state index contributed by atoms with van der Waals surface area (Å²) in [6, 6.07) is 9.34. The van der Waals surface area contributed by atoms with Crippen molar-refractivity contribution in [2.24, 2.45) is 5.41 Å². The van der Waals surface area contributed by atoms with E-state index in [1.807, 2.05) is 43.3 Å². The van der Waals surface area contributed by atoms with Gasteiger partial charge in [0.05, 0.1) is 5.41 Å². The van der Waals surface area contributed by atoms with E-state index in [4.69, 9.17) is 9.47 Å². The van der Waals surface area contributed by atoms with Gasteiger partial charge in [-0.2, -0.15) is 0 Å². The first-order chi connectivity index (χ1) is 13.5. The van der Waals surface area contributed by atoms with E-state index in [0.717, 1.165) is 11.1 Å². The number of carbonyl (C=O) groups excluding carboxylic acids is 3. The van der Waals surface area contributed by atoms with Crippen molar-refractivity contribution in [3.63, 3.8) is 0 Å². The average Bonchev–Trinajstić information content (AvgIpc) is 2.73. The number of hydrogen-bond acceptors (Lipinski definition) is 5. The Balaban J connectivity index is 2.03. The molecule has 1 aromatic carbocycles. The second kappa shape index (κ2) is 10.4. The van der Waals surface area contributed by atoms with Gasteiger partial charge in [-0.3, -0.25) is 4.79 Å². The number of piperidine rings is 1. The van der Waals surface area contributed by atoms with Crippen molar-refractivity contribution in [2.75, 3.05) is 19.7 Å². The highest BCUT2D eigenvalue weighted by Crippen LogP contribution is 2.35. The summed E-state index contributed by atoms with van der Waals surface area (Å²) >= 11 is 0. The van der Waals surface area contributed by atoms with Gasteiger partial charge in [-0.1, -0.05) is 49.1 Å². The van der Waals surface area contributed by atoms with Gasteiger partial charge in [0.2, 0.25) is 0 Å². The third kappa shape index (κ3) is 5.55. The van der Waals surface area contributed by atoms with Crippen LogP contribution in [0.1, 0.15) is 31.7 Å². The maximum absolute atomic E-state index is 12.8. The maximum Gasteiger partial charge on any atom is 0.410 e. The van der Waals surface area contributed by atoms with Crippen LogP contribution in [0, 0.1) is 5.41 Å². The molecular weight excluding hydrogens is 358 g/mol. The Morgan fingerprint density at radius 2 is 2.00 bits per heavy atom. The van der Waals surface area contributed by atoms with Crippen molar-refractivity contribution >= 4 is 18.3 Å². The van der Waals surface area contributed by atoms with Gasteiger partial charge in [-0.25, -0.2) is 4.79 Å². The number of aldehydes is 1. The summed E-state index contributed by atoms with van der Waals surface area (Å²) in [6.07, 6.45) is 4.75. The van der Waals surface area contributed by atoms with Gasteiger partial charge >= 0.3 is 12.1 Å². The van der Waals surface area contributed by atoms with E-state index in [0.29, 0.717) is 25.7 Å². The van der Waals surface area contributed by atoms with Gasteiger partial charge in [0.1, 0.15) is 19.5 Å². The van der Waals surface area contributed by atoms with Crippen molar-refractivity contribution in [1.82, 2.24) is 4.90 Å². The second-order valence-electron chi connectivity index (χ2n) is 6.86. The molecule has 1 aromatic rings. The smallest absolute Gasteiger partial charge is 0.410 e. The highest BCUT2D eigenvalue weighted by atomic mass is 16.6. The zero-order chi connectivity index (χ0) is 20.4. The van der Waals surface area contributed by atoms with E-state index in [1.165, 1.54) is 4.90 Å². The van der Waals surface area contributed by atoms with Crippen LogP contribution in [0.4, 0.5) is 4.79 Å². The molecule has 150 valence electrons. The lowest BCUT2D eigenvalue weighted by atomic mass is 9.77. The molecule has 0 bridgehead atoms. The van der Waals surface area contributed by atoms with E-state index in [-0.39, 0.29) is 26.2 Å². The summed E-state index contributed by atoms with van der Waals surface area (Å²) in [5.41, 5.74) is 0.634. The van der Waals surface area contributed by atoms with E-state index >= 15 is 0 Å². The number of amides is 1. The van der Waals surface area contributed by atoms with Crippen LogP contribution in [0.15, 0.2) is 54.6 Å². The minimum absolute atomic E-state index is 0.0111. The summed E-state index contributed by atoms with van der Waals surface area (Å²) in [7, 11) is 0. The number of carbonyl (C=O) groups is 3. The first kappa shape index (κ1) is 21.4. The van der Waals surface area contributed by atoms with Crippen LogP contribution in [-0.2, 0) is 25.7 Å². The number of ether oxygens (including phenoxy) is 2. The van der Waals surface area contributed by atoms with E-state index < -0.39 is 17.5 Å². The lowest BCUT2D eigenvalue weighted by molar-refractivity contribution is -0.161. The van der Waals surface area contributed by atoms with Crippen LogP contribution >= 0.6 is 0 Å². The van der Waals surface area contributed by atoms with E-state index in [9.17, 15) is 14.4 Å². The lowest BCUT2D eigenvalue weighted by Crippen LogP contribution is -2.51. The molecule has 6 nitrogen and oxygen atoms in total. The second-order valence-corrected chi connectivity index (χ2v) is 6.86. The van der Waals surface area contributed by atoms with Gasteiger partial charge < -0.3 is 19.2 Å². The fraction of sp³-hybridized carbons (Fsp3) is 0.409. The highest BCUT2D eigenvalue weighted by Gasteiger charge is 2.45. The topological polar surface area (TPSA) is 72.9 Å². The molecule has 0 N–H and O–H groups in total. The van der Waals surface area contributed by atoms with Gasteiger partial charge in [-0.15, -0.1) is 0 Å². The first-order valence-corrected chi connectivity index (χ1v) is 9.39. The maximum atomic E-state index is 12.8. The Morgan fingerprint density at radius 1 is 1.25 bits per heavy atom. The molecule has 2 rings (SSSR count). The number of nitrogens with zero attached hydrogens (tertiary/aromatic N) is 1. The summed E-state index contributed by atoms with van der Waals surface area (Å²) in [5.74, 6) is -0.457. The predicted octanol–water partition coefficient (Wildman–Crippen LogP) is 3.67. The van der Waals surface area contributed by atoms with Crippen LogP contribution in [0.5, 0.6) is 0 Å². The number of esters is 1. The molecule has 1 atom stereocenters. The minimum Gasteiger partial charge on any atom is -0.460 e. The Hall–Kier alpha value is -2.89. The Labute approximate surface area is 165 Å². The normalized spacial score (nSPS) is 19.6. The number of likely N-dealkylation sites (tertiary alicyclic amines) is 1. The lowest BCUT2D eigenvalue weighted by Gasteiger charge is -2.39. The molecule has 0 unspecified atom stereocenters. The van der Waals surface area contributed by atoms with E-state index in [1.54, 1.807) is 6.08 Å². The van der Waals surface area contributed by atoms with Gasteiger partial charge in [0.25, 0.3) is 0 Å². The molecule has 1 amide bonds. The van der Waals surface area contributed by atoms with Crippen LogP contribution in [0.3, 0.4) is 0 Å². The molecule has 28 heavy (non-hydrogen) atoms. The van der Waals surface area contributed by atoms with Gasteiger partial charge in [0.15, 0.2) is 0 Å². The highest BCUT2D eigenvalue weighted by molar-refractivity contribution is 5.81. The Bertz CT molecular complexity index is 728. The predicted molar refractivity (Wildman–Crippen MR) is 105 cm³/mol. The van der Waals surface area contributed by atoms with Crippen molar-refractivity contribution in [1.29, 1.82) is 0 Å². The summed E-state index contributed by atoms with van der Waals surface area (Å²) < 4.78 is 10.8. The van der Waals surface area contributed by atoms with Crippen molar-refractivity contribution in [2.45, 2.75) is 32.8 Å². The standard InChI is InChI=1S/C22H27NO5/c1-3-18(4-2)15-28-21(26)23-13-8-11-22(17-23,12-14-24)20(25)27-16-19-9-6-5-7-10-19/h3-7,9-10,14H,1,8,11-13,15-17H2,2H3/b18-4+/t22-/m0/s1. The Morgan fingerprint density at radius 3 is 2.64 bits per heavy atom. The first-order valence-electron chi connectivity index (χ1n) is 9.39. The molecule has 0 aliphatic carbocycles. The number of hydrogen-bond donors (Lipinski definition) is 0. The van der Waals surface area contributed by atoms with Crippen molar-refractivity contribution < 1.29 is 23.9 Å². The molecule has 0 aromatic heterocycles. The molecule has 0 radical (unpaired) electrons. The summed E-state index contributed by atoms with van der Waals surface area (Å²) in [4.78, 5) is 38.0. The SMILES string of the molecule is C=C/C(=C\C)COC(=O)N1CCC[C@@](CC=O)(C(=O)OCc2ccccc2)C1. The summed E-state index contributed by atoms with van der Waals surface area (Å²) in [5, 5.41) is 0.